The van der Waals surface area contributed by atoms with E-state index < -0.39 is 11.7 Å². The molecule has 9 heteroatoms. The maximum atomic E-state index is 13.2. The standard InChI is InChI=1S/C22H27FN4O4/c1-29-19-13-18(14-20(15-19)30-2)25-22(24-7-8-27-9-11-31-12-10-27)26-21(28)16-3-5-17(23)6-4-16/h3-6,13-15H,7-12H2,1-2H3,(H2,24,25,26,28). The first-order valence-electron chi connectivity index (χ1n) is 9.99. The van der Waals surface area contributed by atoms with Crippen molar-refractivity contribution in [2.75, 3.05) is 58.9 Å². The van der Waals surface area contributed by atoms with E-state index in [0.29, 0.717) is 42.5 Å². The smallest absolute Gasteiger partial charge is 0.257 e. The van der Waals surface area contributed by atoms with Crippen molar-refractivity contribution in [3.63, 3.8) is 0 Å². The molecule has 0 bridgehead atoms. The van der Waals surface area contributed by atoms with Crippen LogP contribution >= 0.6 is 0 Å². The minimum Gasteiger partial charge on any atom is -0.497 e. The van der Waals surface area contributed by atoms with Crippen LogP contribution in [0.5, 0.6) is 11.5 Å². The van der Waals surface area contributed by atoms with Crippen molar-refractivity contribution in [3.05, 3.63) is 53.8 Å². The number of nitrogens with one attached hydrogen (secondary N) is 2. The number of guanidine groups is 1. The lowest BCUT2D eigenvalue weighted by molar-refractivity contribution is 0.0394. The van der Waals surface area contributed by atoms with Crippen molar-refractivity contribution < 1.29 is 23.4 Å². The lowest BCUT2D eigenvalue weighted by atomic mass is 10.2. The van der Waals surface area contributed by atoms with Gasteiger partial charge in [0.25, 0.3) is 5.91 Å². The first kappa shape index (κ1) is 22.5. The van der Waals surface area contributed by atoms with Crippen LogP contribution in [-0.2, 0) is 4.74 Å². The molecule has 2 aromatic carbocycles. The summed E-state index contributed by atoms with van der Waals surface area (Å²) < 4.78 is 29.1. The molecule has 166 valence electrons. The number of hydrogen-bond acceptors (Lipinski definition) is 6. The first-order chi connectivity index (χ1) is 15.1. The van der Waals surface area contributed by atoms with Crippen LogP contribution in [0, 0.1) is 5.82 Å². The molecule has 0 aromatic heterocycles. The molecule has 2 N–H and O–H groups in total. The van der Waals surface area contributed by atoms with Crippen molar-refractivity contribution >= 4 is 17.6 Å². The predicted octanol–water partition coefficient (Wildman–Crippen LogP) is 2.37. The summed E-state index contributed by atoms with van der Waals surface area (Å²) in [5, 5.41) is 5.89. The van der Waals surface area contributed by atoms with Gasteiger partial charge in [-0.3, -0.25) is 20.0 Å². The van der Waals surface area contributed by atoms with Gasteiger partial charge in [0.1, 0.15) is 17.3 Å². The Hall–Kier alpha value is -3.17. The maximum Gasteiger partial charge on any atom is 0.257 e. The fraction of sp³-hybridized carbons (Fsp3) is 0.364. The van der Waals surface area contributed by atoms with E-state index >= 15 is 0 Å². The first-order valence-corrected chi connectivity index (χ1v) is 9.99. The molecule has 2 aromatic rings. The molecular weight excluding hydrogens is 403 g/mol. The van der Waals surface area contributed by atoms with Crippen LogP contribution < -0.4 is 20.1 Å². The molecule has 31 heavy (non-hydrogen) atoms. The molecule has 1 aliphatic rings. The molecule has 1 amide bonds. The van der Waals surface area contributed by atoms with E-state index in [0.717, 1.165) is 19.6 Å². The number of halogens is 1. The topological polar surface area (TPSA) is 84.4 Å². The van der Waals surface area contributed by atoms with Crippen LogP contribution in [-0.4, -0.2) is 70.4 Å². The van der Waals surface area contributed by atoms with E-state index in [-0.39, 0.29) is 5.96 Å². The largest absolute Gasteiger partial charge is 0.497 e. The molecule has 0 spiro atoms. The third-order valence-corrected chi connectivity index (χ3v) is 4.74. The number of anilines is 1. The van der Waals surface area contributed by atoms with Gasteiger partial charge in [0.15, 0.2) is 0 Å². The van der Waals surface area contributed by atoms with E-state index in [1.54, 1.807) is 32.4 Å². The van der Waals surface area contributed by atoms with Crippen LogP contribution in [0.25, 0.3) is 0 Å². The SMILES string of the molecule is COc1cc(NC(=NCCN2CCOCC2)NC(=O)c2ccc(F)cc2)cc(OC)c1. The highest BCUT2D eigenvalue weighted by Gasteiger charge is 2.13. The number of rotatable bonds is 7. The zero-order valence-corrected chi connectivity index (χ0v) is 17.7. The van der Waals surface area contributed by atoms with Gasteiger partial charge in [-0.25, -0.2) is 4.39 Å². The second-order valence-corrected chi connectivity index (χ2v) is 6.87. The Kier molecular flexibility index (Phi) is 8.19. The predicted molar refractivity (Wildman–Crippen MR) is 117 cm³/mol. The van der Waals surface area contributed by atoms with Gasteiger partial charge >= 0.3 is 0 Å². The Bertz CT molecular complexity index is 877. The minimum absolute atomic E-state index is 0.276. The average Bonchev–Trinajstić information content (AvgIpc) is 2.79. The molecule has 1 heterocycles. The number of morpholine rings is 1. The summed E-state index contributed by atoms with van der Waals surface area (Å²) in [6.07, 6.45) is 0. The van der Waals surface area contributed by atoms with Crippen molar-refractivity contribution in [3.8, 4) is 11.5 Å². The molecule has 0 unspecified atom stereocenters. The number of methoxy groups -OCH3 is 2. The Labute approximate surface area is 181 Å². The van der Waals surface area contributed by atoms with Crippen molar-refractivity contribution in [2.45, 2.75) is 0 Å². The van der Waals surface area contributed by atoms with E-state index in [9.17, 15) is 9.18 Å². The van der Waals surface area contributed by atoms with Crippen LogP contribution in [0.15, 0.2) is 47.5 Å². The third kappa shape index (κ3) is 6.94. The lowest BCUT2D eigenvalue weighted by Gasteiger charge is -2.25. The lowest BCUT2D eigenvalue weighted by Crippen LogP contribution is -2.39. The number of benzene rings is 2. The molecule has 0 atom stereocenters. The second-order valence-electron chi connectivity index (χ2n) is 6.87. The van der Waals surface area contributed by atoms with Crippen molar-refractivity contribution in [2.24, 2.45) is 4.99 Å². The number of hydrogen-bond donors (Lipinski definition) is 2. The summed E-state index contributed by atoms with van der Waals surface area (Å²) in [5.74, 6) is 0.668. The Morgan fingerprint density at radius 1 is 1.10 bits per heavy atom. The van der Waals surface area contributed by atoms with Gasteiger partial charge in [-0.15, -0.1) is 0 Å². The van der Waals surface area contributed by atoms with Crippen LogP contribution in [0.3, 0.4) is 0 Å². The van der Waals surface area contributed by atoms with Gasteiger partial charge in [-0.05, 0) is 24.3 Å². The van der Waals surface area contributed by atoms with Gasteiger partial charge in [-0.2, -0.15) is 0 Å². The fourth-order valence-electron chi connectivity index (χ4n) is 3.04. The van der Waals surface area contributed by atoms with Gasteiger partial charge in [0, 0.05) is 49.1 Å². The van der Waals surface area contributed by atoms with Gasteiger partial charge in [0.2, 0.25) is 5.96 Å². The highest BCUT2D eigenvalue weighted by molar-refractivity contribution is 6.10. The quantitative estimate of drug-likeness (QED) is 0.518. The fourth-order valence-corrected chi connectivity index (χ4v) is 3.04. The van der Waals surface area contributed by atoms with Crippen molar-refractivity contribution in [1.82, 2.24) is 10.2 Å². The maximum absolute atomic E-state index is 13.2. The number of ether oxygens (including phenoxy) is 3. The number of carbonyl (C=O) groups is 1. The Morgan fingerprint density at radius 2 is 1.74 bits per heavy atom. The number of nitrogens with zero attached hydrogens (tertiary/aromatic N) is 2. The Morgan fingerprint density at radius 3 is 2.35 bits per heavy atom. The molecule has 1 aliphatic heterocycles. The average molecular weight is 430 g/mol. The summed E-state index contributed by atoms with van der Waals surface area (Å²) >= 11 is 0. The van der Waals surface area contributed by atoms with Gasteiger partial charge < -0.3 is 19.5 Å². The molecule has 1 fully saturated rings. The third-order valence-electron chi connectivity index (χ3n) is 4.74. The van der Waals surface area contributed by atoms with E-state index in [1.165, 1.54) is 24.3 Å². The molecule has 1 saturated heterocycles. The van der Waals surface area contributed by atoms with Crippen molar-refractivity contribution in [1.29, 1.82) is 0 Å². The van der Waals surface area contributed by atoms with E-state index in [2.05, 4.69) is 20.5 Å². The highest BCUT2D eigenvalue weighted by Crippen LogP contribution is 2.25. The normalized spacial score (nSPS) is 14.7. The summed E-state index contributed by atoms with van der Waals surface area (Å²) in [7, 11) is 3.12. The van der Waals surface area contributed by atoms with Crippen LogP contribution in [0.4, 0.5) is 10.1 Å². The number of carbonyl (C=O) groups excluding carboxylic acids is 1. The van der Waals surface area contributed by atoms with Gasteiger partial charge in [0.05, 0.1) is 34.0 Å². The molecule has 0 saturated carbocycles. The summed E-state index contributed by atoms with van der Waals surface area (Å²) in [4.78, 5) is 19.4. The number of aliphatic imine (C=N–C) groups is 1. The monoisotopic (exact) mass is 430 g/mol. The molecular formula is C22H27FN4O4. The summed E-state index contributed by atoms with van der Waals surface area (Å²) in [6, 6.07) is 10.6. The van der Waals surface area contributed by atoms with E-state index in [4.69, 9.17) is 14.2 Å². The molecule has 3 rings (SSSR count). The molecule has 8 nitrogen and oxygen atoms in total. The molecule has 0 radical (unpaired) electrons. The Balaban J connectivity index is 1.75. The van der Waals surface area contributed by atoms with Gasteiger partial charge in [-0.1, -0.05) is 0 Å². The number of amides is 1. The summed E-state index contributed by atoms with van der Waals surface area (Å²) in [5.41, 5.74) is 0.966. The highest BCUT2D eigenvalue weighted by atomic mass is 19.1. The zero-order valence-electron chi connectivity index (χ0n) is 17.7. The summed E-state index contributed by atoms with van der Waals surface area (Å²) in [6.45, 7) is 4.34. The van der Waals surface area contributed by atoms with Crippen LogP contribution in [0.2, 0.25) is 0 Å². The van der Waals surface area contributed by atoms with Crippen LogP contribution in [0.1, 0.15) is 10.4 Å². The van der Waals surface area contributed by atoms with E-state index in [1.807, 2.05) is 0 Å². The zero-order chi connectivity index (χ0) is 22.1. The minimum atomic E-state index is -0.405. The molecule has 0 aliphatic carbocycles. The second kappa shape index (κ2) is 11.3.